The van der Waals surface area contributed by atoms with Crippen LogP contribution in [0.2, 0.25) is 0 Å². The van der Waals surface area contributed by atoms with Gasteiger partial charge in [-0.25, -0.2) is 5.84 Å². The topological polar surface area (TPSA) is 80.9 Å². The second-order valence-electron chi connectivity index (χ2n) is 4.36. The van der Waals surface area contributed by atoms with E-state index in [0.29, 0.717) is 19.1 Å². The minimum atomic E-state index is 0.0955. The molecule has 0 radical (unpaired) electrons. The predicted octanol–water partition coefficient (Wildman–Crippen LogP) is 1.20. The second-order valence-corrected chi connectivity index (χ2v) is 4.36. The number of hydrogen-bond acceptors (Lipinski definition) is 4. The molecule has 0 amide bonds. The molecule has 0 aromatic heterocycles. The van der Waals surface area contributed by atoms with E-state index in [1.54, 1.807) is 14.2 Å². The summed E-state index contributed by atoms with van der Waals surface area (Å²) in [5, 5.41) is 3.23. The molecule has 6 heteroatoms. The van der Waals surface area contributed by atoms with E-state index in [9.17, 15) is 0 Å². The fourth-order valence-corrected chi connectivity index (χ4v) is 1.71. The average Bonchev–Trinajstić information content (AvgIpc) is 2.50. The molecule has 4 N–H and O–H groups in total. The van der Waals surface area contributed by atoms with E-state index in [0.717, 1.165) is 17.7 Å². The van der Waals surface area contributed by atoms with Crippen LogP contribution in [0.1, 0.15) is 24.9 Å². The zero-order chi connectivity index (χ0) is 14.8. The lowest BCUT2D eigenvalue weighted by molar-refractivity contribution is 0.197. The number of aliphatic imine (C=N–C) groups is 1. The highest BCUT2D eigenvalue weighted by atomic mass is 16.5. The monoisotopic (exact) mass is 280 g/mol. The predicted molar refractivity (Wildman–Crippen MR) is 80.7 cm³/mol. The van der Waals surface area contributed by atoms with Crippen LogP contribution in [-0.4, -0.2) is 33.3 Å². The minimum absolute atomic E-state index is 0.0955. The molecule has 20 heavy (non-hydrogen) atoms. The van der Waals surface area contributed by atoms with Crippen molar-refractivity contribution in [3.8, 4) is 5.75 Å². The van der Waals surface area contributed by atoms with Crippen LogP contribution in [0.4, 0.5) is 0 Å². The maximum atomic E-state index is 5.46. The number of benzene rings is 1. The fraction of sp³-hybridized carbons (Fsp3) is 0.500. The van der Waals surface area contributed by atoms with Crippen molar-refractivity contribution >= 4 is 5.96 Å². The number of nitrogens with zero attached hydrogens (tertiary/aromatic N) is 1. The smallest absolute Gasteiger partial charge is 0.206 e. The van der Waals surface area contributed by atoms with E-state index in [4.69, 9.17) is 15.3 Å². The van der Waals surface area contributed by atoms with Crippen LogP contribution in [0.15, 0.2) is 29.3 Å². The Labute approximate surface area is 120 Å². The molecule has 1 unspecified atom stereocenters. The molecule has 0 aliphatic heterocycles. The lowest BCUT2D eigenvalue weighted by atomic mass is 10.1. The number of rotatable bonds is 7. The molecule has 0 aliphatic carbocycles. The van der Waals surface area contributed by atoms with Crippen LogP contribution < -0.4 is 21.3 Å². The molecule has 112 valence electrons. The Morgan fingerprint density at radius 2 is 2.00 bits per heavy atom. The SMILES string of the molecule is COCCCN=C(NN)NC(C)c1ccc(OC)cc1. The van der Waals surface area contributed by atoms with Crippen molar-refractivity contribution in [3.05, 3.63) is 29.8 Å². The number of methoxy groups -OCH3 is 2. The van der Waals surface area contributed by atoms with Crippen molar-refractivity contribution in [3.63, 3.8) is 0 Å². The van der Waals surface area contributed by atoms with Gasteiger partial charge in [0, 0.05) is 20.3 Å². The normalized spacial score (nSPS) is 12.9. The lowest BCUT2D eigenvalue weighted by Crippen LogP contribution is -2.42. The van der Waals surface area contributed by atoms with E-state index < -0.39 is 0 Å². The summed E-state index contributed by atoms with van der Waals surface area (Å²) < 4.78 is 10.1. The fourth-order valence-electron chi connectivity index (χ4n) is 1.71. The van der Waals surface area contributed by atoms with Crippen LogP contribution in [0, 0.1) is 0 Å². The minimum Gasteiger partial charge on any atom is -0.497 e. The summed E-state index contributed by atoms with van der Waals surface area (Å²) in [5.74, 6) is 6.88. The molecule has 0 heterocycles. The summed E-state index contributed by atoms with van der Waals surface area (Å²) in [4.78, 5) is 4.34. The van der Waals surface area contributed by atoms with Gasteiger partial charge in [-0.05, 0) is 31.0 Å². The quantitative estimate of drug-likeness (QED) is 0.230. The molecular weight excluding hydrogens is 256 g/mol. The Morgan fingerprint density at radius 3 is 2.55 bits per heavy atom. The average molecular weight is 280 g/mol. The number of guanidine groups is 1. The summed E-state index contributed by atoms with van der Waals surface area (Å²) in [6.45, 7) is 3.40. The van der Waals surface area contributed by atoms with Gasteiger partial charge in [0.25, 0.3) is 0 Å². The maximum absolute atomic E-state index is 5.46. The third-order valence-corrected chi connectivity index (χ3v) is 2.88. The van der Waals surface area contributed by atoms with Crippen LogP contribution in [0.3, 0.4) is 0 Å². The zero-order valence-corrected chi connectivity index (χ0v) is 12.3. The number of nitrogens with one attached hydrogen (secondary N) is 2. The van der Waals surface area contributed by atoms with Gasteiger partial charge < -0.3 is 14.8 Å². The maximum Gasteiger partial charge on any atom is 0.206 e. The summed E-state index contributed by atoms with van der Waals surface area (Å²) in [7, 11) is 3.33. The number of hydrogen-bond donors (Lipinski definition) is 3. The highest BCUT2D eigenvalue weighted by molar-refractivity contribution is 5.79. The van der Waals surface area contributed by atoms with Gasteiger partial charge in [0.2, 0.25) is 5.96 Å². The van der Waals surface area contributed by atoms with Gasteiger partial charge in [0.05, 0.1) is 13.2 Å². The Kier molecular flexibility index (Phi) is 7.46. The molecule has 0 bridgehead atoms. The number of hydrazine groups is 1. The van der Waals surface area contributed by atoms with Crippen molar-refractivity contribution < 1.29 is 9.47 Å². The van der Waals surface area contributed by atoms with E-state index >= 15 is 0 Å². The molecule has 0 spiro atoms. The molecule has 1 atom stereocenters. The second kappa shape index (κ2) is 9.17. The van der Waals surface area contributed by atoms with E-state index in [1.165, 1.54) is 0 Å². The van der Waals surface area contributed by atoms with Gasteiger partial charge >= 0.3 is 0 Å². The van der Waals surface area contributed by atoms with Gasteiger partial charge in [0.15, 0.2) is 0 Å². The summed E-state index contributed by atoms with van der Waals surface area (Å²) in [6.07, 6.45) is 0.861. The van der Waals surface area contributed by atoms with Crippen LogP contribution >= 0.6 is 0 Å². The standard InChI is InChI=1S/C14H24N4O2/c1-11(12-5-7-13(20-3)8-6-12)17-14(18-15)16-9-4-10-19-2/h5-8,11H,4,9-10,15H2,1-3H3,(H2,16,17,18). The number of ether oxygens (including phenoxy) is 2. The highest BCUT2D eigenvalue weighted by Crippen LogP contribution is 2.16. The highest BCUT2D eigenvalue weighted by Gasteiger charge is 2.07. The number of nitrogens with two attached hydrogens (primary N) is 1. The molecule has 0 fully saturated rings. The van der Waals surface area contributed by atoms with Gasteiger partial charge in [-0.2, -0.15) is 0 Å². The van der Waals surface area contributed by atoms with E-state index in [1.807, 2.05) is 31.2 Å². The van der Waals surface area contributed by atoms with E-state index in [2.05, 4.69) is 15.7 Å². The summed E-state index contributed by atoms with van der Waals surface area (Å²) >= 11 is 0. The summed E-state index contributed by atoms with van der Waals surface area (Å²) in [6, 6.07) is 7.97. The molecule has 0 saturated heterocycles. The van der Waals surface area contributed by atoms with Crippen molar-refractivity contribution in [1.29, 1.82) is 0 Å². The van der Waals surface area contributed by atoms with Crippen molar-refractivity contribution in [2.24, 2.45) is 10.8 Å². The summed E-state index contributed by atoms with van der Waals surface area (Å²) in [5.41, 5.74) is 3.71. The largest absolute Gasteiger partial charge is 0.497 e. The van der Waals surface area contributed by atoms with Crippen LogP contribution in [0.5, 0.6) is 5.75 Å². The first-order valence-electron chi connectivity index (χ1n) is 6.61. The first-order valence-corrected chi connectivity index (χ1v) is 6.61. The molecule has 0 saturated carbocycles. The van der Waals surface area contributed by atoms with Gasteiger partial charge in [-0.1, -0.05) is 12.1 Å². The Hall–Kier alpha value is -1.79. The molecule has 1 rings (SSSR count). The molecule has 6 nitrogen and oxygen atoms in total. The van der Waals surface area contributed by atoms with Gasteiger partial charge in [-0.3, -0.25) is 10.4 Å². The molecule has 1 aromatic carbocycles. The van der Waals surface area contributed by atoms with Crippen LogP contribution in [-0.2, 0) is 4.74 Å². The Balaban J connectivity index is 2.54. The zero-order valence-electron chi connectivity index (χ0n) is 12.3. The van der Waals surface area contributed by atoms with Crippen molar-refractivity contribution in [1.82, 2.24) is 10.7 Å². The van der Waals surface area contributed by atoms with Crippen molar-refractivity contribution in [2.75, 3.05) is 27.4 Å². The Bertz CT molecular complexity index is 406. The molecule has 0 aliphatic rings. The Morgan fingerprint density at radius 1 is 1.30 bits per heavy atom. The molecule has 1 aromatic rings. The first-order chi connectivity index (χ1) is 9.71. The van der Waals surface area contributed by atoms with Crippen LogP contribution in [0.25, 0.3) is 0 Å². The third kappa shape index (κ3) is 5.46. The first kappa shape index (κ1) is 16.3. The molecular formula is C14H24N4O2. The van der Waals surface area contributed by atoms with E-state index in [-0.39, 0.29) is 6.04 Å². The third-order valence-electron chi connectivity index (χ3n) is 2.88. The lowest BCUT2D eigenvalue weighted by Gasteiger charge is -2.17. The van der Waals surface area contributed by atoms with Gasteiger partial charge in [-0.15, -0.1) is 0 Å². The van der Waals surface area contributed by atoms with Crippen molar-refractivity contribution in [2.45, 2.75) is 19.4 Å². The van der Waals surface area contributed by atoms with Gasteiger partial charge in [0.1, 0.15) is 5.75 Å².